The third kappa shape index (κ3) is 6.33. The molecule has 0 spiro atoms. The normalized spacial score (nSPS) is 14.6. The van der Waals surface area contributed by atoms with Gasteiger partial charge in [-0.3, -0.25) is 9.36 Å². The monoisotopic (exact) mass is 657 g/mol. The Bertz CT molecular complexity index is 1950. The summed E-state index contributed by atoms with van der Waals surface area (Å²) in [7, 11) is 1.55. The van der Waals surface area contributed by atoms with E-state index in [1.807, 2.05) is 54.6 Å². The Morgan fingerprint density at radius 2 is 1.91 bits per heavy atom. The molecule has 0 unspecified atom stereocenters. The number of esters is 1. The highest BCUT2D eigenvalue weighted by Crippen LogP contribution is 2.37. The SMILES string of the molecule is COc1ccc(Br)cc1[C@@H]1C(C(=O)OC(C)C)=C(C)N=c2s/c(=C\c3ccc(OCc4ccccc4C#N)cc3)c(=O)n21. The standard InChI is InChI=1S/C33H28BrN3O5S/c1-19(2)42-32(39)29-20(3)36-33-37(30(29)26-16-24(34)11-14-27(26)40-4)31(38)28(43-33)15-21-9-12-25(13-10-21)41-18-23-8-6-5-7-22(23)17-35/h5-16,19,30H,18H2,1-4H3/b28-15-/t30-/m1/s1. The van der Waals surface area contributed by atoms with Gasteiger partial charge in [0.05, 0.1) is 40.6 Å². The molecule has 0 fully saturated rings. The first-order chi connectivity index (χ1) is 20.7. The molecule has 1 atom stereocenters. The van der Waals surface area contributed by atoms with E-state index in [0.29, 0.717) is 37.7 Å². The minimum absolute atomic E-state index is 0.266. The molecule has 3 aromatic carbocycles. The van der Waals surface area contributed by atoms with Crippen molar-refractivity contribution >= 4 is 39.3 Å². The van der Waals surface area contributed by atoms with E-state index in [1.54, 1.807) is 46.1 Å². The van der Waals surface area contributed by atoms with E-state index in [9.17, 15) is 14.9 Å². The zero-order chi connectivity index (χ0) is 30.7. The number of halogens is 1. The van der Waals surface area contributed by atoms with Gasteiger partial charge in [-0.05, 0) is 68.8 Å². The fraction of sp³-hybridized carbons (Fsp3) is 0.212. The van der Waals surface area contributed by atoms with Gasteiger partial charge in [-0.1, -0.05) is 57.6 Å². The third-order valence-corrected chi connectivity index (χ3v) is 8.26. The maximum absolute atomic E-state index is 14.0. The van der Waals surface area contributed by atoms with Gasteiger partial charge in [0.15, 0.2) is 4.80 Å². The molecule has 1 aliphatic heterocycles. The maximum Gasteiger partial charge on any atom is 0.338 e. The van der Waals surface area contributed by atoms with Crippen LogP contribution >= 0.6 is 27.3 Å². The number of hydrogen-bond acceptors (Lipinski definition) is 8. The molecule has 2 heterocycles. The molecule has 1 aromatic heterocycles. The van der Waals surface area contributed by atoms with E-state index in [4.69, 9.17) is 14.2 Å². The van der Waals surface area contributed by atoms with Crippen LogP contribution in [0.2, 0.25) is 0 Å². The number of nitrogens with zero attached hydrogens (tertiary/aromatic N) is 3. The van der Waals surface area contributed by atoms with Crippen LogP contribution in [0.25, 0.3) is 6.08 Å². The molecule has 0 saturated heterocycles. The molecule has 8 nitrogen and oxygen atoms in total. The van der Waals surface area contributed by atoms with Crippen LogP contribution in [0.5, 0.6) is 11.5 Å². The Kier molecular flexibility index (Phi) is 8.94. The summed E-state index contributed by atoms with van der Waals surface area (Å²) >= 11 is 4.77. The molecule has 0 N–H and O–H groups in total. The Balaban J connectivity index is 1.54. The summed E-state index contributed by atoms with van der Waals surface area (Å²) in [6.45, 7) is 5.57. The van der Waals surface area contributed by atoms with Crippen LogP contribution in [0, 0.1) is 11.3 Å². The van der Waals surface area contributed by atoms with Crippen molar-refractivity contribution in [3.05, 3.63) is 124 Å². The highest BCUT2D eigenvalue weighted by atomic mass is 79.9. The molecular formula is C33H28BrN3O5S. The molecule has 43 heavy (non-hydrogen) atoms. The van der Waals surface area contributed by atoms with Crippen molar-refractivity contribution in [1.29, 1.82) is 5.26 Å². The predicted molar refractivity (Wildman–Crippen MR) is 168 cm³/mol. The second kappa shape index (κ2) is 12.8. The number of aromatic nitrogens is 1. The topological polar surface area (TPSA) is 103 Å². The lowest BCUT2D eigenvalue weighted by Crippen LogP contribution is -2.40. The van der Waals surface area contributed by atoms with E-state index in [-0.39, 0.29) is 23.8 Å². The number of nitriles is 1. The fourth-order valence-corrected chi connectivity index (χ4v) is 6.23. The number of thiazole rings is 1. The summed E-state index contributed by atoms with van der Waals surface area (Å²) in [6.07, 6.45) is 1.44. The summed E-state index contributed by atoms with van der Waals surface area (Å²) in [4.78, 5) is 32.5. The summed E-state index contributed by atoms with van der Waals surface area (Å²) in [5, 5.41) is 9.31. The van der Waals surface area contributed by atoms with Gasteiger partial charge >= 0.3 is 5.97 Å². The van der Waals surface area contributed by atoms with Crippen molar-refractivity contribution in [3.63, 3.8) is 0 Å². The smallest absolute Gasteiger partial charge is 0.338 e. The lowest BCUT2D eigenvalue weighted by Gasteiger charge is -2.26. The number of rotatable bonds is 8. The molecule has 5 rings (SSSR count). The van der Waals surface area contributed by atoms with Crippen LogP contribution in [0.4, 0.5) is 0 Å². The van der Waals surface area contributed by atoms with E-state index < -0.39 is 12.0 Å². The highest BCUT2D eigenvalue weighted by Gasteiger charge is 2.35. The highest BCUT2D eigenvalue weighted by molar-refractivity contribution is 9.10. The van der Waals surface area contributed by atoms with Crippen molar-refractivity contribution in [3.8, 4) is 17.6 Å². The van der Waals surface area contributed by atoms with E-state index in [1.165, 1.54) is 15.9 Å². The first kappa shape index (κ1) is 30.0. The lowest BCUT2D eigenvalue weighted by atomic mass is 9.95. The van der Waals surface area contributed by atoms with Crippen molar-refractivity contribution in [2.45, 2.75) is 39.5 Å². The van der Waals surface area contributed by atoms with E-state index >= 15 is 0 Å². The van der Waals surface area contributed by atoms with Gasteiger partial charge < -0.3 is 14.2 Å². The second-order valence-corrected chi connectivity index (χ2v) is 12.0. The minimum atomic E-state index is -0.802. The quantitative estimate of drug-likeness (QED) is 0.235. The van der Waals surface area contributed by atoms with Crippen molar-refractivity contribution < 1.29 is 19.0 Å². The largest absolute Gasteiger partial charge is 0.496 e. The van der Waals surface area contributed by atoms with Crippen LogP contribution in [-0.4, -0.2) is 23.8 Å². The number of methoxy groups -OCH3 is 1. The first-order valence-electron chi connectivity index (χ1n) is 13.5. The van der Waals surface area contributed by atoms with Gasteiger partial charge in [0.25, 0.3) is 5.56 Å². The number of hydrogen-bond donors (Lipinski definition) is 0. The predicted octanol–water partition coefficient (Wildman–Crippen LogP) is 5.41. The molecule has 4 aromatic rings. The van der Waals surface area contributed by atoms with E-state index in [2.05, 4.69) is 27.0 Å². The molecule has 1 aliphatic rings. The Hall–Kier alpha value is -4.46. The number of ether oxygens (including phenoxy) is 3. The fourth-order valence-electron chi connectivity index (χ4n) is 4.80. The molecule has 10 heteroatoms. The zero-order valence-corrected chi connectivity index (χ0v) is 26.4. The molecule has 0 bridgehead atoms. The van der Waals surface area contributed by atoms with Crippen LogP contribution in [-0.2, 0) is 16.1 Å². The van der Waals surface area contributed by atoms with Gasteiger partial charge in [0, 0.05) is 15.6 Å². The summed E-state index contributed by atoms with van der Waals surface area (Å²) < 4.78 is 19.9. The van der Waals surface area contributed by atoms with Crippen molar-refractivity contribution in [2.24, 2.45) is 4.99 Å². The molecule has 0 aliphatic carbocycles. The van der Waals surface area contributed by atoms with Gasteiger partial charge in [0.1, 0.15) is 24.1 Å². The Morgan fingerprint density at radius 3 is 2.60 bits per heavy atom. The van der Waals surface area contributed by atoms with E-state index in [0.717, 1.165) is 15.6 Å². The Morgan fingerprint density at radius 1 is 1.16 bits per heavy atom. The molecule has 0 amide bonds. The van der Waals surface area contributed by atoms with Gasteiger partial charge in [-0.15, -0.1) is 0 Å². The molecular weight excluding hydrogens is 630 g/mol. The summed E-state index contributed by atoms with van der Waals surface area (Å²) in [5.41, 5.74) is 3.28. The zero-order valence-electron chi connectivity index (χ0n) is 24.0. The van der Waals surface area contributed by atoms with Crippen LogP contribution in [0.1, 0.15) is 49.1 Å². The number of carbonyl (C=O) groups is 1. The van der Waals surface area contributed by atoms with Crippen molar-refractivity contribution in [2.75, 3.05) is 7.11 Å². The second-order valence-electron chi connectivity index (χ2n) is 10.0. The molecule has 0 saturated carbocycles. The van der Waals surface area contributed by atoms with Gasteiger partial charge in [-0.25, -0.2) is 9.79 Å². The number of fused-ring (bicyclic) bond motifs is 1. The maximum atomic E-state index is 14.0. The summed E-state index contributed by atoms with van der Waals surface area (Å²) in [6, 6.07) is 21.5. The lowest BCUT2D eigenvalue weighted by molar-refractivity contribution is -0.143. The number of allylic oxidation sites excluding steroid dienone is 1. The number of carbonyl (C=O) groups excluding carboxylic acids is 1. The number of benzene rings is 3. The summed E-state index contributed by atoms with van der Waals surface area (Å²) in [5.74, 6) is 0.628. The van der Waals surface area contributed by atoms with Gasteiger partial charge in [0.2, 0.25) is 0 Å². The van der Waals surface area contributed by atoms with Crippen LogP contribution < -0.4 is 24.4 Å². The van der Waals surface area contributed by atoms with Crippen LogP contribution in [0.3, 0.4) is 0 Å². The van der Waals surface area contributed by atoms with Crippen molar-refractivity contribution in [1.82, 2.24) is 4.57 Å². The average Bonchev–Trinajstić information content (AvgIpc) is 3.29. The van der Waals surface area contributed by atoms with Crippen LogP contribution in [0.15, 0.2) is 92.3 Å². The molecule has 218 valence electrons. The molecule has 0 radical (unpaired) electrons. The Labute approximate surface area is 260 Å². The first-order valence-corrected chi connectivity index (χ1v) is 15.1. The minimum Gasteiger partial charge on any atom is -0.496 e. The van der Waals surface area contributed by atoms with Gasteiger partial charge in [-0.2, -0.15) is 5.26 Å². The third-order valence-electron chi connectivity index (χ3n) is 6.78. The average molecular weight is 659 g/mol.